The minimum absolute atomic E-state index is 0.282. The number of hydrogen-bond donors (Lipinski definition) is 1. The summed E-state index contributed by atoms with van der Waals surface area (Å²) in [5.74, 6) is 0.988. The molecule has 0 aliphatic rings. The Bertz CT molecular complexity index is 1010. The number of nitrogens with one attached hydrogen (secondary N) is 1. The number of aromatic nitrogens is 1. The number of hydrogen-bond acceptors (Lipinski definition) is 5. The summed E-state index contributed by atoms with van der Waals surface area (Å²) in [6.07, 6.45) is 6.33. The second kappa shape index (κ2) is 7.65. The second-order valence-corrected chi connectivity index (χ2v) is 6.96. The fourth-order valence-electron chi connectivity index (χ4n) is 2.42. The van der Waals surface area contributed by atoms with Crippen LogP contribution in [0.25, 0.3) is 28.2 Å². The molecular weight excluding hydrogens is 384 g/mol. The normalized spacial score (nSPS) is 11.1. The monoisotopic (exact) mass is 396 g/mol. The molecule has 0 unspecified atom stereocenters. The summed E-state index contributed by atoms with van der Waals surface area (Å²) in [7, 11) is 0. The van der Waals surface area contributed by atoms with Gasteiger partial charge in [0.1, 0.15) is 16.3 Å². The molecule has 0 saturated carbocycles. The highest BCUT2D eigenvalue weighted by Crippen LogP contribution is 2.39. The van der Waals surface area contributed by atoms with Crippen LogP contribution in [0.5, 0.6) is 0 Å². The van der Waals surface area contributed by atoms with E-state index >= 15 is 0 Å². The van der Waals surface area contributed by atoms with Gasteiger partial charge in [-0.2, -0.15) is 0 Å². The van der Waals surface area contributed by atoms with Gasteiger partial charge in [0.2, 0.25) is 5.91 Å². The summed E-state index contributed by atoms with van der Waals surface area (Å²) in [6.45, 7) is 0. The Hall–Kier alpha value is -3.09. The number of nitrogens with zero attached hydrogens (tertiary/aromatic N) is 1. The average molecular weight is 397 g/mol. The fourth-order valence-corrected chi connectivity index (χ4v) is 3.49. The Labute approximate surface area is 163 Å². The van der Waals surface area contributed by atoms with Gasteiger partial charge in [-0.3, -0.25) is 10.1 Å². The summed E-state index contributed by atoms with van der Waals surface area (Å²) in [6, 6.07) is 14.4. The van der Waals surface area contributed by atoms with Crippen molar-refractivity contribution in [2.24, 2.45) is 0 Å². The Morgan fingerprint density at radius 1 is 1.04 bits per heavy atom. The number of carbonyl (C=O) groups is 1. The van der Waals surface area contributed by atoms with Gasteiger partial charge in [-0.1, -0.05) is 35.1 Å². The molecule has 0 aliphatic heterocycles. The molecule has 3 heterocycles. The molecular formula is C20H13ClN2O3S. The smallest absolute Gasteiger partial charge is 0.250 e. The van der Waals surface area contributed by atoms with Gasteiger partial charge in [-0.05, 0) is 48.0 Å². The average Bonchev–Trinajstić information content (AvgIpc) is 3.41. The van der Waals surface area contributed by atoms with E-state index in [1.54, 1.807) is 42.9 Å². The quantitative estimate of drug-likeness (QED) is 0.422. The lowest BCUT2D eigenvalue weighted by atomic mass is 10.2. The molecule has 27 heavy (non-hydrogen) atoms. The third-order valence-electron chi connectivity index (χ3n) is 3.65. The van der Waals surface area contributed by atoms with Crippen LogP contribution in [0.3, 0.4) is 0 Å². The highest BCUT2D eigenvalue weighted by molar-refractivity contribution is 7.19. The van der Waals surface area contributed by atoms with E-state index in [0.29, 0.717) is 27.4 Å². The van der Waals surface area contributed by atoms with Gasteiger partial charge in [0, 0.05) is 11.1 Å². The summed E-state index contributed by atoms with van der Waals surface area (Å²) in [4.78, 5) is 17.5. The highest BCUT2D eigenvalue weighted by atomic mass is 35.5. The van der Waals surface area contributed by atoms with E-state index in [1.807, 2.05) is 24.3 Å². The lowest BCUT2D eigenvalue weighted by Crippen LogP contribution is -2.07. The van der Waals surface area contributed by atoms with Crippen molar-refractivity contribution in [1.29, 1.82) is 0 Å². The molecule has 5 nitrogen and oxygen atoms in total. The van der Waals surface area contributed by atoms with E-state index in [-0.39, 0.29) is 5.91 Å². The van der Waals surface area contributed by atoms with Crippen LogP contribution in [0.15, 0.2) is 76.0 Å². The SMILES string of the molecule is O=C(/C=C/c1ccc(Cl)cc1)Nc1nc(-c2ccco2)c(-c2ccco2)s1. The van der Waals surface area contributed by atoms with Crippen LogP contribution in [0, 0.1) is 0 Å². The van der Waals surface area contributed by atoms with Crippen LogP contribution in [-0.2, 0) is 4.79 Å². The Kier molecular flexibility index (Phi) is 4.91. The van der Waals surface area contributed by atoms with E-state index in [4.69, 9.17) is 20.4 Å². The molecule has 4 rings (SSSR count). The molecule has 0 atom stereocenters. The van der Waals surface area contributed by atoms with Crippen molar-refractivity contribution in [1.82, 2.24) is 4.98 Å². The zero-order chi connectivity index (χ0) is 18.6. The molecule has 1 amide bonds. The van der Waals surface area contributed by atoms with Crippen molar-refractivity contribution in [2.45, 2.75) is 0 Å². The van der Waals surface area contributed by atoms with Gasteiger partial charge in [0.05, 0.1) is 12.5 Å². The molecule has 0 saturated heterocycles. The fraction of sp³-hybridized carbons (Fsp3) is 0. The van der Waals surface area contributed by atoms with E-state index in [2.05, 4.69) is 10.3 Å². The minimum atomic E-state index is -0.282. The predicted molar refractivity (Wildman–Crippen MR) is 107 cm³/mol. The van der Waals surface area contributed by atoms with Gasteiger partial charge in [-0.25, -0.2) is 4.98 Å². The number of anilines is 1. The van der Waals surface area contributed by atoms with Crippen molar-refractivity contribution in [3.8, 4) is 22.1 Å². The molecule has 1 aromatic carbocycles. The number of amides is 1. The maximum absolute atomic E-state index is 12.2. The Morgan fingerprint density at radius 3 is 2.41 bits per heavy atom. The van der Waals surface area contributed by atoms with Crippen LogP contribution in [0.4, 0.5) is 5.13 Å². The van der Waals surface area contributed by atoms with E-state index in [1.165, 1.54) is 17.4 Å². The number of rotatable bonds is 5. The van der Waals surface area contributed by atoms with Crippen molar-refractivity contribution in [2.75, 3.05) is 5.32 Å². The maximum atomic E-state index is 12.2. The Balaban J connectivity index is 1.56. The summed E-state index contributed by atoms with van der Waals surface area (Å²) in [5, 5.41) is 3.89. The largest absolute Gasteiger partial charge is 0.463 e. The summed E-state index contributed by atoms with van der Waals surface area (Å²) in [5.41, 5.74) is 1.50. The lowest BCUT2D eigenvalue weighted by Gasteiger charge is -1.96. The minimum Gasteiger partial charge on any atom is -0.463 e. The molecule has 134 valence electrons. The molecule has 1 N–H and O–H groups in total. The number of carbonyl (C=O) groups excluding carboxylic acids is 1. The number of benzene rings is 1. The first kappa shape index (κ1) is 17.3. The van der Waals surface area contributed by atoms with E-state index in [0.717, 1.165) is 10.4 Å². The first-order chi connectivity index (χ1) is 13.2. The first-order valence-corrected chi connectivity index (χ1v) is 9.22. The molecule has 3 aromatic heterocycles. The van der Waals surface area contributed by atoms with Gasteiger partial charge in [0.15, 0.2) is 10.9 Å². The van der Waals surface area contributed by atoms with E-state index < -0.39 is 0 Å². The van der Waals surface area contributed by atoms with Crippen molar-refractivity contribution < 1.29 is 13.6 Å². The molecule has 0 aliphatic carbocycles. The lowest BCUT2D eigenvalue weighted by molar-refractivity contribution is -0.111. The zero-order valence-electron chi connectivity index (χ0n) is 13.9. The molecule has 7 heteroatoms. The first-order valence-electron chi connectivity index (χ1n) is 8.02. The van der Waals surface area contributed by atoms with Crippen LogP contribution < -0.4 is 5.32 Å². The topological polar surface area (TPSA) is 68.3 Å². The van der Waals surface area contributed by atoms with Crippen molar-refractivity contribution in [3.63, 3.8) is 0 Å². The molecule has 0 fully saturated rings. The van der Waals surface area contributed by atoms with Crippen molar-refractivity contribution >= 4 is 40.1 Å². The van der Waals surface area contributed by atoms with Gasteiger partial charge < -0.3 is 8.83 Å². The van der Waals surface area contributed by atoms with Crippen molar-refractivity contribution in [3.05, 3.63) is 77.7 Å². The predicted octanol–water partition coefficient (Wildman–Crippen LogP) is 5.97. The third-order valence-corrected chi connectivity index (χ3v) is 4.89. The van der Waals surface area contributed by atoms with Crippen LogP contribution in [-0.4, -0.2) is 10.9 Å². The van der Waals surface area contributed by atoms with Crippen LogP contribution in [0.1, 0.15) is 5.56 Å². The summed E-state index contributed by atoms with van der Waals surface area (Å²) >= 11 is 7.18. The molecule has 0 spiro atoms. The van der Waals surface area contributed by atoms with Crippen LogP contribution >= 0.6 is 22.9 Å². The van der Waals surface area contributed by atoms with Gasteiger partial charge in [0.25, 0.3) is 0 Å². The number of furan rings is 2. The number of thiazole rings is 1. The standard InChI is InChI=1S/C20H13ClN2O3S/c21-14-8-5-13(6-9-14)7-10-17(24)22-20-23-18(15-3-1-11-25-15)19(27-20)16-4-2-12-26-16/h1-12H,(H,22,23,24)/b10-7+. The van der Waals surface area contributed by atoms with Gasteiger partial charge in [-0.15, -0.1) is 0 Å². The molecule has 0 bridgehead atoms. The maximum Gasteiger partial charge on any atom is 0.250 e. The Morgan fingerprint density at radius 2 is 1.74 bits per heavy atom. The summed E-state index contributed by atoms with van der Waals surface area (Å²) < 4.78 is 10.9. The molecule has 0 radical (unpaired) electrons. The van der Waals surface area contributed by atoms with E-state index in [9.17, 15) is 4.79 Å². The van der Waals surface area contributed by atoms with Crippen LogP contribution in [0.2, 0.25) is 5.02 Å². The highest BCUT2D eigenvalue weighted by Gasteiger charge is 2.19. The number of halogens is 1. The third kappa shape index (κ3) is 4.02. The zero-order valence-corrected chi connectivity index (χ0v) is 15.5. The molecule has 4 aromatic rings. The second-order valence-electron chi connectivity index (χ2n) is 5.53. The van der Waals surface area contributed by atoms with Gasteiger partial charge >= 0.3 is 0 Å².